The molecular formula is C22H27Cl2N5O3S2. The molecular weight excluding hydrogens is 517 g/mol. The topological polar surface area (TPSA) is 121 Å². The van der Waals surface area contributed by atoms with Crippen molar-refractivity contribution < 1.29 is 13.2 Å². The Balaban J connectivity index is 0.00000274. The highest BCUT2D eigenvalue weighted by Crippen LogP contribution is 2.36. The van der Waals surface area contributed by atoms with Crippen molar-refractivity contribution in [3.8, 4) is 0 Å². The van der Waals surface area contributed by atoms with Crippen molar-refractivity contribution >= 4 is 62.0 Å². The first-order chi connectivity index (χ1) is 15.7. The number of hydrogen-bond acceptors (Lipinski definition) is 7. The number of aromatic nitrogens is 2. The summed E-state index contributed by atoms with van der Waals surface area (Å²) in [7, 11) is -1.94. The third-order valence-electron chi connectivity index (χ3n) is 6.67. The molecule has 2 unspecified atom stereocenters. The van der Waals surface area contributed by atoms with Crippen molar-refractivity contribution in [1.82, 2.24) is 20.2 Å². The van der Waals surface area contributed by atoms with Crippen LogP contribution in [0.3, 0.4) is 0 Å². The van der Waals surface area contributed by atoms with E-state index in [2.05, 4.69) is 20.2 Å². The van der Waals surface area contributed by atoms with Gasteiger partial charge in [-0.15, -0.1) is 23.7 Å². The van der Waals surface area contributed by atoms with E-state index in [1.54, 1.807) is 24.3 Å². The van der Waals surface area contributed by atoms with Gasteiger partial charge in [-0.3, -0.25) is 4.79 Å². The van der Waals surface area contributed by atoms with Crippen LogP contribution in [0.5, 0.6) is 0 Å². The van der Waals surface area contributed by atoms with Crippen LogP contribution in [-0.2, 0) is 22.8 Å². The van der Waals surface area contributed by atoms with Crippen LogP contribution in [0.1, 0.15) is 46.1 Å². The van der Waals surface area contributed by atoms with E-state index in [-0.39, 0.29) is 29.8 Å². The molecule has 1 aliphatic carbocycles. The van der Waals surface area contributed by atoms with Gasteiger partial charge in [0.05, 0.1) is 11.7 Å². The Morgan fingerprint density at radius 3 is 2.94 bits per heavy atom. The number of aromatic amines is 1. The van der Waals surface area contributed by atoms with E-state index >= 15 is 0 Å². The van der Waals surface area contributed by atoms with Crippen molar-refractivity contribution in [3.63, 3.8) is 0 Å². The van der Waals surface area contributed by atoms with Crippen LogP contribution in [0.4, 0.5) is 0 Å². The molecule has 3 aromatic rings. The molecule has 12 heteroatoms. The minimum absolute atomic E-state index is 0. The average Bonchev–Trinajstić information content (AvgIpc) is 3.39. The van der Waals surface area contributed by atoms with Gasteiger partial charge in [0, 0.05) is 40.3 Å². The third kappa shape index (κ3) is 4.36. The lowest BCUT2D eigenvalue weighted by Crippen LogP contribution is -2.64. The van der Waals surface area contributed by atoms with Gasteiger partial charge in [-0.05, 0) is 44.2 Å². The highest BCUT2D eigenvalue weighted by atomic mass is 35.5. The van der Waals surface area contributed by atoms with E-state index in [1.807, 2.05) is 7.05 Å². The molecule has 1 aromatic carbocycles. The molecule has 1 saturated carbocycles. The zero-order chi connectivity index (χ0) is 23.4. The second kappa shape index (κ2) is 9.40. The number of thiazole rings is 1. The molecule has 0 spiro atoms. The van der Waals surface area contributed by atoms with Gasteiger partial charge < -0.3 is 20.9 Å². The summed E-state index contributed by atoms with van der Waals surface area (Å²) in [5.41, 5.74) is 8.25. The van der Waals surface area contributed by atoms with Gasteiger partial charge in [-0.1, -0.05) is 24.4 Å². The number of likely N-dealkylation sites (N-methyl/N-ethyl adjacent to an activating group) is 1. The number of fused-ring (bicyclic) bond motifs is 2. The maximum Gasteiger partial charge on any atom is 0.280 e. The number of sulfone groups is 1. The Morgan fingerprint density at radius 2 is 2.15 bits per heavy atom. The number of nitrogens with two attached hydrogens (primary N) is 1. The molecule has 5 rings (SSSR count). The third-order valence-corrected chi connectivity index (χ3v) is 10.3. The number of hydrogen-bond donors (Lipinski definition) is 3. The molecule has 3 heterocycles. The first-order valence-electron chi connectivity index (χ1n) is 11.0. The van der Waals surface area contributed by atoms with E-state index < -0.39 is 20.8 Å². The quantitative estimate of drug-likeness (QED) is 0.463. The number of carbonyl (C=O) groups is 1. The predicted molar refractivity (Wildman–Crippen MR) is 137 cm³/mol. The predicted octanol–water partition coefficient (Wildman–Crippen LogP) is 3.49. The number of carbonyl (C=O) groups excluding carboxylic acids is 1. The van der Waals surface area contributed by atoms with Crippen LogP contribution in [0, 0.1) is 0 Å². The standard InChI is InChI=1S/C22H26ClN5O3S2.ClH/c1-28-9-7-16-17(12-28)32-21(26-16)20(29)27-18-4-2-3-8-22(18,24)33(30,31)19-11-13-10-14(23)5-6-15(13)25-19;/h5-6,10-11,18,25H,2-4,7-9,12,24H2,1H3,(H,27,29);1H. The highest BCUT2D eigenvalue weighted by molar-refractivity contribution is 7.92. The van der Waals surface area contributed by atoms with Crippen LogP contribution in [-0.4, -0.2) is 53.7 Å². The number of H-pyrrole nitrogens is 1. The molecule has 2 aromatic heterocycles. The fourth-order valence-corrected chi connectivity index (χ4v) is 7.92. The normalized spacial score (nSPS) is 23.3. The molecule has 0 saturated heterocycles. The minimum atomic E-state index is -3.98. The summed E-state index contributed by atoms with van der Waals surface area (Å²) in [5, 5.41) is 4.54. The van der Waals surface area contributed by atoms with Crippen LogP contribution in [0.15, 0.2) is 29.3 Å². The molecule has 2 aliphatic rings. The van der Waals surface area contributed by atoms with Gasteiger partial charge >= 0.3 is 0 Å². The SMILES string of the molecule is CN1CCc2nc(C(=O)NC3CCCCC3(N)S(=O)(=O)c3cc4cc(Cl)ccc4[nH]3)sc2C1.Cl. The van der Waals surface area contributed by atoms with Crippen molar-refractivity contribution in [2.75, 3.05) is 13.6 Å². The molecule has 34 heavy (non-hydrogen) atoms. The lowest BCUT2D eigenvalue weighted by Gasteiger charge is -2.40. The molecule has 0 bridgehead atoms. The average molecular weight is 545 g/mol. The molecule has 1 aliphatic heterocycles. The van der Waals surface area contributed by atoms with E-state index in [0.717, 1.165) is 36.5 Å². The summed E-state index contributed by atoms with van der Waals surface area (Å²) in [6.45, 7) is 1.67. The first kappa shape index (κ1) is 25.4. The molecule has 1 fully saturated rings. The molecule has 4 N–H and O–H groups in total. The summed E-state index contributed by atoms with van der Waals surface area (Å²) in [5.74, 6) is -0.364. The molecule has 184 valence electrons. The lowest BCUT2D eigenvalue weighted by molar-refractivity contribution is 0.0913. The van der Waals surface area contributed by atoms with Gasteiger partial charge in [-0.25, -0.2) is 13.4 Å². The van der Waals surface area contributed by atoms with E-state index in [1.165, 1.54) is 11.3 Å². The van der Waals surface area contributed by atoms with Gasteiger partial charge in [0.2, 0.25) is 9.84 Å². The monoisotopic (exact) mass is 543 g/mol. The van der Waals surface area contributed by atoms with Crippen LogP contribution >= 0.6 is 35.3 Å². The van der Waals surface area contributed by atoms with Gasteiger partial charge in [0.1, 0.15) is 9.90 Å². The summed E-state index contributed by atoms with van der Waals surface area (Å²) in [4.78, 5) is 22.2. The number of nitrogens with one attached hydrogen (secondary N) is 2. The van der Waals surface area contributed by atoms with Gasteiger partial charge in [0.15, 0.2) is 5.01 Å². The number of nitrogens with zero attached hydrogens (tertiary/aromatic N) is 2. The minimum Gasteiger partial charge on any atom is -0.346 e. The van der Waals surface area contributed by atoms with Crippen molar-refractivity contribution in [3.05, 3.63) is 44.9 Å². The fourth-order valence-electron chi connectivity index (χ4n) is 4.75. The molecule has 1 amide bonds. The number of rotatable bonds is 4. The van der Waals surface area contributed by atoms with Crippen molar-refractivity contribution in [2.24, 2.45) is 5.73 Å². The van der Waals surface area contributed by atoms with Crippen LogP contribution in [0.25, 0.3) is 10.9 Å². The second-order valence-electron chi connectivity index (χ2n) is 8.97. The summed E-state index contributed by atoms with van der Waals surface area (Å²) in [6.07, 6.45) is 3.02. The second-order valence-corrected chi connectivity index (χ2v) is 12.7. The molecule has 0 radical (unpaired) electrons. The first-order valence-corrected chi connectivity index (χ1v) is 13.6. The van der Waals surface area contributed by atoms with E-state index in [9.17, 15) is 13.2 Å². The highest BCUT2D eigenvalue weighted by Gasteiger charge is 2.50. The fraction of sp³-hybridized carbons (Fsp3) is 0.455. The zero-order valence-corrected chi connectivity index (χ0v) is 21.8. The van der Waals surface area contributed by atoms with E-state index in [0.29, 0.717) is 33.8 Å². The van der Waals surface area contributed by atoms with Crippen LogP contribution in [0.2, 0.25) is 5.02 Å². The number of benzene rings is 1. The maximum atomic E-state index is 13.7. The Kier molecular flexibility index (Phi) is 7.03. The van der Waals surface area contributed by atoms with E-state index in [4.69, 9.17) is 17.3 Å². The lowest BCUT2D eigenvalue weighted by atomic mass is 9.90. The maximum absolute atomic E-state index is 13.7. The van der Waals surface area contributed by atoms with Crippen molar-refractivity contribution in [1.29, 1.82) is 0 Å². The number of amides is 1. The Labute approximate surface area is 213 Å². The largest absolute Gasteiger partial charge is 0.346 e. The summed E-state index contributed by atoms with van der Waals surface area (Å²) >= 11 is 7.43. The zero-order valence-electron chi connectivity index (χ0n) is 18.6. The smallest absolute Gasteiger partial charge is 0.280 e. The summed E-state index contributed by atoms with van der Waals surface area (Å²) < 4.78 is 27.5. The van der Waals surface area contributed by atoms with Crippen LogP contribution < -0.4 is 11.1 Å². The number of halogens is 2. The van der Waals surface area contributed by atoms with Gasteiger partial charge in [0.25, 0.3) is 5.91 Å². The van der Waals surface area contributed by atoms with Crippen molar-refractivity contribution in [2.45, 2.75) is 54.6 Å². The Hall–Kier alpha value is -1.69. The Bertz CT molecular complexity index is 1340. The Morgan fingerprint density at radius 1 is 1.35 bits per heavy atom. The van der Waals surface area contributed by atoms with Gasteiger partial charge in [-0.2, -0.15) is 0 Å². The molecule has 8 nitrogen and oxygen atoms in total. The summed E-state index contributed by atoms with van der Waals surface area (Å²) in [6, 6.07) is 5.98. The molecule has 2 atom stereocenters.